The van der Waals surface area contributed by atoms with Crippen molar-refractivity contribution in [2.75, 3.05) is 5.32 Å². The number of aromatic nitrogens is 2. The van der Waals surface area contributed by atoms with E-state index in [1.165, 1.54) is 12.1 Å². The van der Waals surface area contributed by atoms with E-state index in [1.807, 2.05) is 0 Å². The van der Waals surface area contributed by atoms with Gasteiger partial charge in [0.25, 0.3) is 0 Å². The summed E-state index contributed by atoms with van der Waals surface area (Å²) in [4.78, 5) is 27.5. The van der Waals surface area contributed by atoms with Crippen molar-refractivity contribution in [3.05, 3.63) is 48.3 Å². The number of nitrogens with zero attached hydrogens (tertiary/aromatic N) is 2. The topological polar surface area (TPSA) is 112 Å². The number of rotatable bonds is 3. The third-order valence-corrected chi connectivity index (χ3v) is 2.20. The van der Waals surface area contributed by atoms with Gasteiger partial charge in [0, 0.05) is 18.1 Å². The molecule has 0 saturated heterocycles. The Hall–Kier alpha value is -3.17. The van der Waals surface area contributed by atoms with E-state index < -0.39 is 18.1 Å². The molecule has 0 bridgehead atoms. The SMILES string of the molecule is O=C(O)C(F)(F)F.O=C(O)c1ccc(Nc2ncccn2)cc1. The fourth-order valence-electron chi connectivity index (χ4n) is 1.19. The van der Waals surface area contributed by atoms with Crippen molar-refractivity contribution in [1.82, 2.24) is 9.97 Å². The normalized spacial score (nSPS) is 10.2. The zero-order valence-electron chi connectivity index (χ0n) is 11.3. The summed E-state index contributed by atoms with van der Waals surface area (Å²) in [5.41, 5.74) is 0.996. The molecule has 23 heavy (non-hydrogen) atoms. The van der Waals surface area contributed by atoms with Gasteiger partial charge in [-0.15, -0.1) is 0 Å². The molecule has 0 amide bonds. The minimum Gasteiger partial charge on any atom is -0.478 e. The van der Waals surface area contributed by atoms with Gasteiger partial charge in [-0.05, 0) is 30.3 Å². The molecule has 0 atom stereocenters. The molecule has 0 unspecified atom stereocenters. The molecule has 3 N–H and O–H groups in total. The second-order valence-corrected chi connectivity index (χ2v) is 3.88. The Balaban J connectivity index is 0.000000322. The van der Waals surface area contributed by atoms with Crippen LogP contribution in [0.15, 0.2) is 42.7 Å². The number of nitrogens with one attached hydrogen (secondary N) is 1. The van der Waals surface area contributed by atoms with Crippen LogP contribution in [-0.2, 0) is 4.79 Å². The van der Waals surface area contributed by atoms with E-state index in [2.05, 4.69) is 15.3 Å². The van der Waals surface area contributed by atoms with Crippen LogP contribution in [0.2, 0.25) is 0 Å². The molecule has 1 aromatic heterocycles. The molecule has 2 aromatic rings. The molecular formula is C13H10F3N3O4. The summed E-state index contributed by atoms with van der Waals surface area (Å²) in [7, 11) is 0. The Kier molecular flexibility index (Phi) is 6.01. The highest BCUT2D eigenvalue weighted by Crippen LogP contribution is 2.13. The minimum absolute atomic E-state index is 0.250. The molecule has 122 valence electrons. The van der Waals surface area contributed by atoms with Crippen molar-refractivity contribution in [2.24, 2.45) is 0 Å². The summed E-state index contributed by atoms with van der Waals surface area (Å²) in [6, 6.07) is 8.10. The van der Waals surface area contributed by atoms with E-state index in [-0.39, 0.29) is 5.56 Å². The highest BCUT2D eigenvalue weighted by molar-refractivity contribution is 5.88. The molecule has 2 rings (SSSR count). The quantitative estimate of drug-likeness (QED) is 0.793. The lowest BCUT2D eigenvalue weighted by Crippen LogP contribution is -2.21. The molecule has 10 heteroatoms. The second-order valence-electron chi connectivity index (χ2n) is 3.88. The van der Waals surface area contributed by atoms with Gasteiger partial charge in [-0.3, -0.25) is 0 Å². The maximum absolute atomic E-state index is 10.6. The number of alkyl halides is 3. The van der Waals surface area contributed by atoms with Crippen LogP contribution >= 0.6 is 0 Å². The van der Waals surface area contributed by atoms with Crippen LogP contribution in [0.4, 0.5) is 24.8 Å². The molecule has 0 saturated carbocycles. The van der Waals surface area contributed by atoms with Gasteiger partial charge in [0.1, 0.15) is 0 Å². The number of benzene rings is 1. The number of hydrogen-bond donors (Lipinski definition) is 3. The number of aromatic carboxylic acids is 1. The first-order valence-electron chi connectivity index (χ1n) is 5.87. The Labute approximate surface area is 127 Å². The van der Waals surface area contributed by atoms with Gasteiger partial charge >= 0.3 is 18.1 Å². The average molecular weight is 329 g/mol. The number of anilines is 2. The van der Waals surface area contributed by atoms with E-state index in [4.69, 9.17) is 15.0 Å². The number of halogens is 3. The first kappa shape index (κ1) is 17.9. The van der Waals surface area contributed by atoms with Crippen LogP contribution in [0.1, 0.15) is 10.4 Å². The monoisotopic (exact) mass is 329 g/mol. The van der Waals surface area contributed by atoms with Crippen molar-refractivity contribution >= 4 is 23.6 Å². The summed E-state index contributed by atoms with van der Waals surface area (Å²) in [6.45, 7) is 0. The van der Waals surface area contributed by atoms with Crippen LogP contribution in [0.3, 0.4) is 0 Å². The fourth-order valence-corrected chi connectivity index (χ4v) is 1.19. The summed E-state index contributed by atoms with van der Waals surface area (Å²) in [5, 5.41) is 18.8. The lowest BCUT2D eigenvalue weighted by molar-refractivity contribution is -0.192. The van der Waals surface area contributed by atoms with Crippen LogP contribution < -0.4 is 5.32 Å². The molecule has 0 fully saturated rings. The van der Waals surface area contributed by atoms with Crippen LogP contribution in [0.5, 0.6) is 0 Å². The van der Waals surface area contributed by atoms with Crippen molar-refractivity contribution in [1.29, 1.82) is 0 Å². The van der Waals surface area contributed by atoms with Crippen LogP contribution in [0.25, 0.3) is 0 Å². The largest absolute Gasteiger partial charge is 0.490 e. The first-order valence-corrected chi connectivity index (χ1v) is 5.87. The predicted molar refractivity (Wildman–Crippen MR) is 72.4 cm³/mol. The molecule has 1 heterocycles. The summed E-state index contributed by atoms with van der Waals surface area (Å²) < 4.78 is 31.7. The molecule has 1 aromatic carbocycles. The third-order valence-electron chi connectivity index (χ3n) is 2.20. The van der Waals surface area contributed by atoms with Gasteiger partial charge in [0.05, 0.1) is 5.56 Å². The zero-order chi connectivity index (χ0) is 17.5. The molecular weight excluding hydrogens is 319 g/mol. The second kappa shape index (κ2) is 7.73. The molecule has 0 aliphatic heterocycles. The van der Waals surface area contributed by atoms with E-state index in [0.29, 0.717) is 5.95 Å². The van der Waals surface area contributed by atoms with Crippen molar-refractivity contribution in [2.45, 2.75) is 6.18 Å². The maximum atomic E-state index is 10.6. The van der Waals surface area contributed by atoms with Crippen LogP contribution in [0, 0.1) is 0 Å². The van der Waals surface area contributed by atoms with Crippen molar-refractivity contribution in [3.63, 3.8) is 0 Å². The Morgan fingerprint density at radius 3 is 1.87 bits per heavy atom. The lowest BCUT2D eigenvalue weighted by Gasteiger charge is -2.03. The molecule has 0 spiro atoms. The number of aliphatic carboxylic acids is 1. The van der Waals surface area contributed by atoms with Gasteiger partial charge < -0.3 is 15.5 Å². The number of carboxylic acids is 2. The number of carboxylic acid groups (broad SMARTS) is 2. The first-order chi connectivity index (χ1) is 10.7. The summed E-state index contributed by atoms with van der Waals surface area (Å²) in [6.07, 6.45) is -1.83. The zero-order valence-corrected chi connectivity index (χ0v) is 11.3. The van der Waals surface area contributed by atoms with E-state index in [1.54, 1.807) is 30.6 Å². The van der Waals surface area contributed by atoms with Gasteiger partial charge in [-0.2, -0.15) is 13.2 Å². The minimum atomic E-state index is -5.08. The van der Waals surface area contributed by atoms with Gasteiger partial charge in [0.15, 0.2) is 0 Å². The van der Waals surface area contributed by atoms with Gasteiger partial charge in [-0.25, -0.2) is 19.6 Å². The average Bonchev–Trinajstić information content (AvgIpc) is 2.48. The molecule has 0 aliphatic carbocycles. The molecule has 0 aliphatic rings. The number of hydrogen-bond acceptors (Lipinski definition) is 5. The highest BCUT2D eigenvalue weighted by atomic mass is 19.4. The Morgan fingerprint density at radius 1 is 1.00 bits per heavy atom. The standard InChI is InChI=1S/C11H9N3O2.C2HF3O2/c15-10(16)8-2-4-9(5-3-8)14-11-12-6-1-7-13-11;3-2(4,5)1(6)7/h1-7H,(H,15,16)(H,12,13,14);(H,6,7). The Morgan fingerprint density at radius 2 is 1.48 bits per heavy atom. The van der Waals surface area contributed by atoms with E-state index >= 15 is 0 Å². The van der Waals surface area contributed by atoms with Crippen molar-refractivity contribution < 1.29 is 33.0 Å². The molecule has 0 radical (unpaired) electrons. The van der Waals surface area contributed by atoms with E-state index in [0.717, 1.165) is 5.69 Å². The lowest BCUT2D eigenvalue weighted by atomic mass is 10.2. The summed E-state index contributed by atoms with van der Waals surface area (Å²) in [5.74, 6) is -3.22. The fraction of sp³-hybridized carbons (Fsp3) is 0.0769. The van der Waals surface area contributed by atoms with Crippen molar-refractivity contribution in [3.8, 4) is 0 Å². The number of carbonyl (C=O) groups is 2. The third kappa shape index (κ3) is 6.42. The molecule has 7 nitrogen and oxygen atoms in total. The highest BCUT2D eigenvalue weighted by Gasteiger charge is 2.38. The van der Waals surface area contributed by atoms with Gasteiger partial charge in [0.2, 0.25) is 5.95 Å². The Bertz CT molecular complexity index is 660. The maximum Gasteiger partial charge on any atom is 0.490 e. The predicted octanol–water partition coefficient (Wildman–Crippen LogP) is 2.55. The smallest absolute Gasteiger partial charge is 0.478 e. The van der Waals surface area contributed by atoms with E-state index in [9.17, 15) is 18.0 Å². The van der Waals surface area contributed by atoms with Crippen LogP contribution in [-0.4, -0.2) is 38.3 Å². The van der Waals surface area contributed by atoms with Gasteiger partial charge in [-0.1, -0.05) is 0 Å². The summed E-state index contributed by atoms with van der Waals surface area (Å²) >= 11 is 0.